The van der Waals surface area contributed by atoms with Gasteiger partial charge in [-0.15, -0.1) is 0 Å². The highest BCUT2D eigenvalue weighted by atomic mass is 16.5. The van der Waals surface area contributed by atoms with Gasteiger partial charge in [-0.3, -0.25) is 0 Å². The molecule has 0 spiro atoms. The van der Waals surface area contributed by atoms with E-state index in [-0.39, 0.29) is 11.9 Å². The molecule has 0 fully saturated rings. The molecule has 1 aromatic heterocycles. The molecule has 0 radical (unpaired) electrons. The highest BCUT2D eigenvalue weighted by Gasteiger charge is 1.95. The second-order valence-corrected chi connectivity index (χ2v) is 2.37. The molecule has 8 heteroatoms. The monoisotopic (exact) mass is 226 g/mol. The summed E-state index contributed by atoms with van der Waals surface area (Å²) in [4.78, 5) is 20.6. The highest BCUT2D eigenvalue weighted by molar-refractivity contribution is 5.64. The van der Waals surface area contributed by atoms with Crippen LogP contribution in [-0.2, 0) is 4.74 Å². The third-order valence-corrected chi connectivity index (χ3v) is 1.16. The standard InChI is InChI=1S/C5H7N5.C3H7NO2/c1-2-3-8-4(6)10-5(7)9-3;1-2-6-3(4)5/h2H,1H2,(H4,6,7,8,9,10);2H2,1H3,(H2,4,5). The summed E-state index contributed by atoms with van der Waals surface area (Å²) >= 11 is 0. The number of aromatic nitrogens is 3. The molecule has 1 amide bonds. The Hall–Kier alpha value is -2.38. The van der Waals surface area contributed by atoms with Crippen LogP contribution in [0.15, 0.2) is 6.58 Å². The molecule has 0 unspecified atom stereocenters. The van der Waals surface area contributed by atoms with Gasteiger partial charge < -0.3 is 21.9 Å². The third kappa shape index (κ3) is 6.13. The lowest BCUT2D eigenvalue weighted by Gasteiger charge is -1.94. The van der Waals surface area contributed by atoms with Crippen LogP contribution < -0.4 is 17.2 Å². The van der Waals surface area contributed by atoms with Crippen molar-refractivity contribution in [3.63, 3.8) is 0 Å². The smallest absolute Gasteiger partial charge is 0.404 e. The molecule has 0 saturated heterocycles. The quantitative estimate of drug-likeness (QED) is 0.632. The van der Waals surface area contributed by atoms with Crippen molar-refractivity contribution >= 4 is 24.1 Å². The fourth-order valence-corrected chi connectivity index (χ4v) is 0.661. The summed E-state index contributed by atoms with van der Waals surface area (Å²) in [6.45, 7) is 5.50. The number of nitrogens with zero attached hydrogens (tertiary/aromatic N) is 3. The van der Waals surface area contributed by atoms with Crippen LogP contribution in [0.4, 0.5) is 16.7 Å². The summed E-state index contributed by atoms with van der Waals surface area (Å²) in [5.74, 6) is 0.620. The molecule has 0 aliphatic heterocycles. The molecule has 1 aromatic rings. The number of hydrogen-bond acceptors (Lipinski definition) is 7. The van der Waals surface area contributed by atoms with Crippen LogP contribution in [0.5, 0.6) is 0 Å². The average molecular weight is 226 g/mol. The van der Waals surface area contributed by atoms with Gasteiger partial charge in [0.1, 0.15) is 0 Å². The predicted octanol–water partition coefficient (Wildman–Crippen LogP) is -0.219. The van der Waals surface area contributed by atoms with E-state index in [4.69, 9.17) is 11.5 Å². The van der Waals surface area contributed by atoms with Crippen molar-refractivity contribution in [2.75, 3.05) is 18.1 Å². The third-order valence-electron chi connectivity index (χ3n) is 1.16. The molecular formula is C8H14N6O2. The van der Waals surface area contributed by atoms with Crippen LogP contribution in [0, 0.1) is 0 Å². The van der Waals surface area contributed by atoms with Gasteiger partial charge in [0.05, 0.1) is 6.61 Å². The maximum atomic E-state index is 9.60. The Labute approximate surface area is 92.5 Å². The molecule has 8 nitrogen and oxygen atoms in total. The van der Waals surface area contributed by atoms with Gasteiger partial charge in [0.25, 0.3) is 0 Å². The van der Waals surface area contributed by atoms with E-state index in [1.807, 2.05) is 0 Å². The summed E-state index contributed by atoms with van der Waals surface area (Å²) in [6, 6.07) is 0. The first-order valence-electron chi connectivity index (χ1n) is 4.31. The zero-order chi connectivity index (χ0) is 12.6. The van der Waals surface area contributed by atoms with Crippen molar-refractivity contribution in [3.05, 3.63) is 12.4 Å². The van der Waals surface area contributed by atoms with E-state index >= 15 is 0 Å². The number of carbonyl (C=O) groups excluding carboxylic acids is 1. The molecule has 0 aromatic carbocycles. The van der Waals surface area contributed by atoms with E-state index in [1.165, 1.54) is 6.08 Å². The Morgan fingerprint density at radius 2 is 1.88 bits per heavy atom. The van der Waals surface area contributed by atoms with Crippen LogP contribution >= 0.6 is 0 Å². The van der Waals surface area contributed by atoms with Gasteiger partial charge in [-0.25, -0.2) is 4.79 Å². The van der Waals surface area contributed by atoms with Gasteiger partial charge in [-0.1, -0.05) is 6.58 Å². The Bertz CT molecular complexity index is 347. The normalized spacial score (nSPS) is 8.56. The van der Waals surface area contributed by atoms with Crippen molar-refractivity contribution < 1.29 is 9.53 Å². The van der Waals surface area contributed by atoms with Crippen molar-refractivity contribution in [2.24, 2.45) is 5.73 Å². The predicted molar refractivity (Wildman–Crippen MR) is 60.0 cm³/mol. The number of rotatable bonds is 2. The summed E-state index contributed by atoms with van der Waals surface area (Å²) in [7, 11) is 0. The van der Waals surface area contributed by atoms with Crippen molar-refractivity contribution in [3.8, 4) is 0 Å². The van der Waals surface area contributed by atoms with Crippen LogP contribution in [0.3, 0.4) is 0 Å². The molecule has 16 heavy (non-hydrogen) atoms. The Morgan fingerprint density at radius 1 is 1.38 bits per heavy atom. The Kier molecular flexibility index (Phi) is 5.95. The number of nitrogen functional groups attached to an aromatic ring is 2. The second-order valence-electron chi connectivity index (χ2n) is 2.37. The van der Waals surface area contributed by atoms with Gasteiger partial charge in [0.15, 0.2) is 5.82 Å². The van der Waals surface area contributed by atoms with Crippen LogP contribution in [-0.4, -0.2) is 27.7 Å². The van der Waals surface area contributed by atoms with Gasteiger partial charge in [0, 0.05) is 0 Å². The van der Waals surface area contributed by atoms with Gasteiger partial charge in [-0.2, -0.15) is 15.0 Å². The summed E-state index contributed by atoms with van der Waals surface area (Å²) < 4.78 is 4.18. The van der Waals surface area contributed by atoms with Crippen LogP contribution in [0.2, 0.25) is 0 Å². The maximum absolute atomic E-state index is 9.60. The number of ether oxygens (including phenoxy) is 1. The van der Waals surface area contributed by atoms with E-state index in [1.54, 1.807) is 6.92 Å². The van der Waals surface area contributed by atoms with E-state index < -0.39 is 6.09 Å². The number of carbonyl (C=O) groups is 1. The first kappa shape index (κ1) is 13.6. The Balaban J connectivity index is 0.000000325. The molecule has 0 atom stereocenters. The zero-order valence-corrected chi connectivity index (χ0v) is 8.88. The molecule has 1 heterocycles. The summed E-state index contributed by atoms with van der Waals surface area (Å²) in [6.07, 6.45) is 0.742. The molecule has 0 aliphatic carbocycles. The zero-order valence-electron chi connectivity index (χ0n) is 8.88. The molecule has 1 rings (SSSR count). The minimum atomic E-state index is -0.711. The van der Waals surface area contributed by atoms with E-state index in [2.05, 4.69) is 32.0 Å². The summed E-state index contributed by atoms with van der Waals surface area (Å²) in [5, 5.41) is 0. The van der Waals surface area contributed by atoms with E-state index in [0.29, 0.717) is 12.4 Å². The number of nitrogens with two attached hydrogens (primary N) is 3. The first-order valence-corrected chi connectivity index (χ1v) is 4.31. The summed E-state index contributed by atoms with van der Waals surface area (Å²) in [5.41, 5.74) is 15.0. The van der Waals surface area contributed by atoms with Gasteiger partial charge in [-0.05, 0) is 13.0 Å². The lowest BCUT2D eigenvalue weighted by atomic mass is 10.6. The SMILES string of the molecule is C=Cc1nc(N)nc(N)n1.CCOC(N)=O. The van der Waals surface area contributed by atoms with Crippen molar-refractivity contribution in [2.45, 2.75) is 6.92 Å². The molecule has 6 N–H and O–H groups in total. The minimum absolute atomic E-state index is 0.113. The van der Waals surface area contributed by atoms with Gasteiger partial charge in [0.2, 0.25) is 11.9 Å². The Morgan fingerprint density at radius 3 is 2.12 bits per heavy atom. The number of hydrogen-bond donors (Lipinski definition) is 3. The molecule has 88 valence electrons. The van der Waals surface area contributed by atoms with Crippen LogP contribution in [0.25, 0.3) is 6.08 Å². The minimum Gasteiger partial charge on any atom is -0.450 e. The fraction of sp³-hybridized carbons (Fsp3) is 0.250. The van der Waals surface area contributed by atoms with Crippen LogP contribution in [0.1, 0.15) is 12.7 Å². The van der Waals surface area contributed by atoms with Gasteiger partial charge >= 0.3 is 6.09 Å². The van der Waals surface area contributed by atoms with E-state index in [9.17, 15) is 4.79 Å². The van der Waals surface area contributed by atoms with Crippen molar-refractivity contribution in [1.29, 1.82) is 0 Å². The lowest BCUT2D eigenvalue weighted by Crippen LogP contribution is -2.11. The topological polar surface area (TPSA) is 143 Å². The second kappa shape index (κ2) is 6.98. The van der Waals surface area contributed by atoms with E-state index in [0.717, 1.165) is 0 Å². The number of anilines is 2. The van der Waals surface area contributed by atoms with Crippen molar-refractivity contribution in [1.82, 2.24) is 15.0 Å². The highest BCUT2D eigenvalue weighted by Crippen LogP contribution is 1.98. The first-order chi connectivity index (χ1) is 7.49. The fourth-order valence-electron chi connectivity index (χ4n) is 0.661. The number of primary amides is 1. The lowest BCUT2D eigenvalue weighted by molar-refractivity contribution is 0.163. The average Bonchev–Trinajstić information content (AvgIpc) is 2.16. The molecular weight excluding hydrogens is 212 g/mol. The number of amides is 1. The maximum Gasteiger partial charge on any atom is 0.404 e. The molecule has 0 saturated carbocycles. The molecule has 0 aliphatic rings. The molecule has 0 bridgehead atoms. The largest absolute Gasteiger partial charge is 0.450 e.